The number of halogens is 8. The Morgan fingerprint density at radius 3 is 2.23 bits per heavy atom. The second-order valence-electron chi connectivity index (χ2n) is 13.8. The Labute approximate surface area is 310 Å². The predicted molar refractivity (Wildman–Crippen MR) is 178 cm³/mol. The fourth-order valence-corrected chi connectivity index (χ4v) is 7.71. The average Bonchev–Trinajstić information content (AvgIpc) is 3.70. The first-order valence-electron chi connectivity index (χ1n) is 16.9. The molecule has 4 atom stereocenters. The van der Waals surface area contributed by atoms with Crippen molar-refractivity contribution in [3.8, 4) is 11.1 Å². The zero-order chi connectivity index (χ0) is 40.0. The van der Waals surface area contributed by atoms with E-state index in [4.69, 9.17) is 5.73 Å². The molecule has 4 aromatic rings. The molecule has 3 N–H and O–H groups in total. The number of azo groups is 2. The molecule has 8 rings (SSSR count). The summed E-state index contributed by atoms with van der Waals surface area (Å²) in [4.78, 5) is 57.9. The lowest BCUT2D eigenvalue weighted by Gasteiger charge is -2.23. The van der Waals surface area contributed by atoms with Crippen LogP contribution in [-0.2, 0) is 11.2 Å². The summed E-state index contributed by atoms with van der Waals surface area (Å²) in [5.41, 5.74) is 2.89. The van der Waals surface area contributed by atoms with Crippen LogP contribution < -0.4 is 16.0 Å². The van der Waals surface area contributed by atoms with Gasteiger partial charge in [-0.05, 0) is 77.5 Å². The number of nitrogens with two attached hydrogens (primary N) is 1. The zero-order valence-corrected chi connectivity index (χ0v) is 28.4. The van der Waals surface area contributed by atoms with Crippen molar-refractivity contribution in [2.45, 2.75) is 37.0 Å². The minimum absolute atomic E-state index is 0.00647. The molecule has 56 heavy (non-hydrogen) atoms. The molecule has 2 aliphatic carbocycles. The van der Waals surface area contributed by atoms with Crippen LogP contribution in [0.3, 0.4) is 0 Å². The molecule has 1 fully saturated rings. The molecule has 18 heteroatoms. The number of rotatable bonds is 9. The lowest BCUT2D eigenvalue weighted by molar-refractivity contribution is -0.549. The number of primary amides is 1. The highest BCUT2D eigenvalue weighted by molar-refractivity contribution is 6.34. The number of carbonyl (C=O) groups is 4. The molecule has 1 unspecified atom stereocenters. The van der Waals surface area contributed by atoms with E-state index < -0.39 is 107 Å². The number of aromatic nitrogens is 1. The Balaban J connectivity index is 1.22. The number of imide groups is 1. The first-order valence-corrected chi connectivity index (χ1v) is 16.9. The molecule has 0 radical (unpaired) electrons. The number of pyridine rings is 1. The maximum absolute atomic E-state index is 15.3. The molecular formula is C38H25F8N6O4+. The Hall–Kier alpha value is -6.33. The van der Waals surface area contributed by atoms with Gasteiger partial charge in [-0.25, -0.2) is 18.1 Å². The standard InChI is InChI=1S/C38H24F8N6O4/c39-18-7-16(8-19(40)11-18)9-28(49-29(53)15-51-33-30(32(50-51)38(44,45)46)24-13-26(24)37(33,42)43)31-23(17-5-6-27(41)25(10-17)34(47)54)12-20(14-48-31)52-35(55)21-3-1-2-4-22(21)36(52)56/h1-8,10-12,14,24,26,28,32H,9,13,15H2,(H2-,47,49,53,54)/p+1/t24-,26+,28-,32?/m0/s1. The Bertz CT molecular complexity index is 2430. The molecule has 1 saturated carbocycles. The molecule has 2 aliphatic heterocycles. The van der Waals surface area contributed by atoms with E-state index in [1.165, 1.54) is 24.3 Å². The summed E-state index contributed by atoms with van der Waals surface area (Å²) in [6, 6.07) is 8.61. The van der Waals surface area contributed by atoms with Gasteiger partial charge in [0.05, 0.1) is 40.3 Å². The van der Waals surface area contributed by atoms with Gasteiger partial charge in [0.2, 0.25) is 6.04 Å². The molecule has 4 aliphatic rings. The first-order chi connectivity index (χ1) is 26.4. The normalized spacial score (nSPS) is 21.1. The number of anilines is 1. The van der Waals surface area contributed by atoms with E-state index in [-0.39, 0.29) is 45.6 Å². The summed E-state index contributed by atoms with van der Waals surface area (Å²) in [5, 5.41) is 5.96. The average molecular weight is 782 g/mol. The summed E-state index contributed by atoms with van der Waals surface area (Å²) < 4.78 is 116. The second-order valence-corrected chi connectivity index (χ2v) is 13.8. The van der Waals surface area contributed by atoms with Gasteiger partial charge in [0, 0.05) is 23.1 Å². The number of fused-ring (bicyclic) bond motifs is 3. The molecule has 10 nitrogen and oxygen atoms in total. The van der Waals surface area contributed by atoms with Crippen LogP contribution in [0.15, 0.2) is 89.3 Å². The molecule has 1 aromatic heterocycles. The van der Waals surface area contributed by atoms with Gasteiger partial charge in [-0.3, -0.25) is 24.2 Å². The van der Waals surface area contributed by atoms with E-state index in [1.54, 1.807) is 12.1 Å². The fraction of sp³-hybridized carbons (Fsp3) is 0.237. The summed E-state index contributed by atoms with van der Waals surface area (Å²) in [5.74, 6) is -13.0. The summed E-state index contributed by atoms with van der Waals surface area (Å²) in [7, 11) is 0. The number of amides is 4. The maximum Gasteiger partial charge on any atom is 0.420 e. The molecule has 4 amide bonds. The van der Waals surface area contributed by atoms with E-state index in [9.17, 15) is 45.5 Å². The van der Waals surface area contributed by atoms with Gasteiger partial charge in [0.1, 0.15) is 17.5 Å². The van der Waals surface area contributed by atoms with Crippen LogP contribution in [0, 0.1) is 29.3 Å². The van der Waals surface area contributed by atoms with E-state index in [1.807, 2.05) is 0 Å². The Morgan fingerprint density at radius 2 is 1.61 bits per heavy atom. The van der Waals surface area contributed by atoms with Gasteiger partial charge in [0.15, 0.2) is 0 Å². The second kappa shape index (κ2) is 12.9. The molecule has 286 valence electrons. The minimum atomic E-state index is -5.03. The van der Waals surface area contributed by atoms with Gasteiger partial charge in [-0.1, -0.05) is 22.9 Å². The monoisotopic (exact) mass is 781 g/mol. The third kappa shape index (κ3) is 6.08. The van der Waals surface area contributed by atoms with Gasteiger partial charge in [-0.2, -0.15) is 22.0 Å². The van der Waals surface area contributed by atoms with Crippen molar-refractivity contribution in [3.05, 3.63) is 130 Å². The van der Waals surface area contributed by atoms with Crippen molar-refractivity contribution in [3.63, 3.8) is 0 Å². The largest absolute Gasteiger partial charge is 0.420 e. The first kappa shape index (κ1) is 36.6. The van der Waals surface area contributed by atoms with Crippen molar-refractivity contribution in [1.29, 1.82) is 0 Å². The van der Waals surface area contributed by atoms with Crippen LogP contribution in [0.5, 0.6) is 0 Å². The number of hydrogen-bond acceptors (Lipinski definition) is 6. The van der Waals surface area contributed by atoms with Crippen molar-refractivity contribution < 1.29 is 59.0 Å². The smallest absolute Gasteiger partial charge is 0.366 e. The molecule has 0 saturated heterocycles. The summed E-state index contributed by atoms with van der Waals surface area (Å²) in [6.07, 6.45) is -4.60. The van der Waals surface area contributed by atoms with Crippen molar-refractivity contribution in [2.24, 2.45) is 22.7 Å². The number of nitrogens with zero attached hydrogens (tertiary/aromatic N) is 4. The number of allylic oxidation sites excluding steroid dienone is 1. The number of nitrogens with one attached hydrogen (secondary N) is 1. The summed E-state index contributed by atoms with van der Waals surface area (Å²) in [6.45, 7) is -1.13. The highest BCUT2D eigenvalue weighted by Gasteiger charge is 2.75. The third-order valence-corrected chi connectivity index (χ3v) is 10.2. The van der Waals surface area contributed by atoms with Gasteiger partial charge in [-0.15, -0.1) is 0 Å². The SMILES string of the molecule is NC(=O)c1cc(-c2cc(N3C(=O)c4ccccc4C3=O)cnc2[C@H](Cc2cc(F)cc(F)c2)NC(=O)C[N+]2=NC(C(F)(F)F)C3=C2C(F)(F)[C@@H]2C[C@H]32)ccc1F. The zero-order valence-electron chi connectivity index (χ0n) is 28.4. The van der Waals surface area contributed by atoms with E-state index in [2.05, 4.69) is 15.4 Å². The fourth-order valence-electron chi connectivity index (χ4n) is 7.71. The molecule has 3 heterocycles. The highest BCUT2D eigenvalue weighted by atomic mass is 19.4. The number of hydrogen-bond donors (Lipinski definition) is 2. The lowest BCUT2D eigenvalue weighted by Crippen LogP contribution is -2.38. The number of alkyl halides is 5. The van der Waals surface area contributed by atoms with Crippen LogP contribution in [0.25, 0.3) is 11.1 Å². The minimum Gasteiger partial charge on any atom is -0.366 e. The molecule has 3 aromatic carbocycles. The van der Waals surface area contributed by atoms with E-state index >= 15 is 8.78 Å². The predicted octanol–water partition coefficient (Wildman–Crippen LogP) is 6.41. The van der Waals surface area contributed by atoms with Gasteiger partial charge in [0.25, 0.3) is 35.9 Å². The van der Waals surface area contributed by atoms with Gasteiger partial charge >= 0.3 is 12.1 Å². The molecular weight excluding hydrogens is 756 g/mol. The number of carbonyl (C=O) groups excluding carboxylic acids is 4. The van der Waals surface area contributed by atoms with Crippen LogP contribution in [0.4, 0.5) is 40.8 Å². The molecule has 0 bridgehead atoms. The molecule has 0 spiro atoms. The van der Waals surface area contributed by atoms with Crippen LogP contribution in [0.2, 0.25) is 0 Å². The highest BCUT2D eigenvalue weighted by Crippen LogP contribution is 2.66. The quantitative estimate of drug-likeness (QED) is 0.115. The number of benzene rings is 3. The van der Waals surface area contributed by atoms with E-state index in [0.29, 0.717) is 10.8 Å². The van der Waals surface area contributed by atoms with Crippen LogP contribution >= 0.6 is 0 Å². The maximum atomic E-state index is 15.3. The van der Waals surface area contributed by atoms with Crippen LogP contribution in [0.1, 0.15) is 54.8 Å². The van der Waals surface area contributed by atoms with Crippen molar-refractivity contribution in [2.75, 3.05) is 11.4 Å². The van der Waals surface area contributed by atoms with E-state index in [0.717, 1.165) is 35.4 Å². The summed E-state index contributed by atoms with van der Waals surface area (Å²) >= 11 is 0. The van der Waals surface area contributed by atoms with Gasteiger partial charge < -0.3 is 11.1 Å². The van der Waals surface area contributed by atoms with Crippen molar-refractivity contribution in [1.82, 2.24) is 10.3 Å². The Kier molecular flexibility index (Phi) is 8.43. The van der Waals surface area contributed by atoms with Crippen molar-refractivity contribution >= 4 is 29.3 Å². The van der Waals surface area contributed by atoms with Crippen LogP contribution in [-0.4, -0.2) is 58.0 Å². The Morgan fingerprint density at radius 1 is 0.946 bits per heavy atom. The third-order valence-electron chi connectivity index (χ3n) is 10.2. The topological polar surface area (TPSA) is 138 Å². The lowest BCUT2D eigenvalue weighted by atomic mass is 9.94.